The third-order valence-corrected chi connectivity index (χ3v) is 5.55. The first kappa shape index (κ1) is 18.2. The number of amides is 2. The predicted molar refractivity (Wildman–Crippen MR) is 113 cm³/mol. The van der Waals surface area contributed by atoms with Crippen molar-refractivity contribution in [2.24, 2.45) is 0 Å². The van der Waals surface area contributed by atoms with E-state index in [2.05, 4.69) is 26.4 Å². The number of nitrogens with zero attached hydrogens (tertiary/aromatic N) is 5. The summed E-state index contributed by atoms with van der Waals surface area (Å²) >= 11 is 0. The quantitative estimate of drug-likeness (QED) is 0.691. The summed E-state index contributed by atoms with van der Waals surface area (Å²) in [4.78, 5) is 32.6. The maximum atomic E-state index is 12.4. The molecule has 0 radical (unpaired) electrons. The normalized spacial score (nSPS) is 15.2. The number of rotatable bonds is 3. The smallest absolute Gasteiger partial charge is 0.258 e. The number of carbonyl (C=O) groups is 2. The summed E-state index contributed by atoms with van der Waals surface area (Å²) in [6.45, 7) is 2.22. The van der Waals surface area contributed by atoms with E-state index in [1.165, 1.54) is 6.20 Å². The molecule has 0 spiro atoms. The van der Waals surface area contributed by atoms with Crippen molar-refractivity contribution in [3.63, 3.8) is 0 Å². The first-order valence-electron chi connectivity index (χ1n) is 9.76. The standard InChI is InChI=1S/C21H21N7O2/c1-26-7-6-13-10-15(3-4-16(13)21(26)30)27-8-9-28-19(27)11-18(25-28)24-20(29)14-2-5-17(22)23-12-14/h2-5,10-12H,6-9H2,1H3,(H2,22,23)(H,24,25,29). The molecular weight excluding hydrogens is 382 g/mol. The Kier molecular flexibility index (Phi) is 4.16. The van der Waals surface area contributed by atoms with Crippen LogP contribution in [-0.4, -0.2) is 51.6 Å². The van der Waals surface area contributed by atoms with Crippen LogP contribution >= 0.6 is 0 Å². The molecular formula is C21H21N7O2. The van der Waals surface area contributed by atoms with Gasteiger partial charge in [0.1, 0.15) is 11.6 Å². The molecule has 0 saturated carbocycles. The third kappa shape index (κ3) is 3.04. The Balaban J connectivity index is 1.38. The van der Waals surface area contributed by atoms with Crippen molar-refractivity contribution in [3.05, 3.63) is 59.3 Å². The molecule has 9 nitrogen and oxygen atoms in total. The molecule has 3 N–H and O–H groups in total. The maximum absolute atomic E-state index is 12.4. The zero-order chi connectivity index (χ0) is 20.8. The van der Waals surface area contributed by atoms with Crippen LogP contribution in [-0.2, 0) is 13.0 Å². The second-order valence-corrected chi connectivity index (χ2v) is 7.51. The van der Waals surface area contributed by atoms with Crippen LogP contribution in [0.25, 0.3) is 0 Å². The fourth-order valence-electron chi connectivity index (χ4n) is 3.91. The first-order valence-corrected chi connectivity index (χ1v) is 9.76. The molecule has 0 bridgehead atoms. The van der Waals surface area contributed by atoms with Gasteiger partial charge in [0, 0.05) is 43.7 Å². The number of hydrogen-bond donors (Lipinski definition) is 2. The van der Waals surface area contributed by atoms with Crippen molar-refractivity contribution in [1.82, 2.24) is 19.7 Å². The molecule has 5 rings (SSSR count). The highest BCUT2D eigenvalue weighted by molar-refractivity contribution is 6.04. The molecule has 2 aromatic heterocycles. The van der Waals surface area contributed by atoms with Crippen LogP contribution < -0.4 is 16.0 Å². The van der Waals surface area contributed by atoms with Gasteiger partial charge >= 0.3 is 0 Å². The van der Waals surface area contributed by atoms with Crippen molar-refractivity contribution >= 4 is 35.0 Å². The predicted octanol–water partition coefficient (Wildman–Crippen LogP) is 1.89. The van der Waals surface area contributed by atoms with Crippen molar-refractivity contribution in [1.29, 1.82) is 0 Å². The lowest BCUT2D eigenvalue weighted by Crippen LogP contribution is -2.34. The lowest BCUT2D eigenvalue weighted by atomic mass is 9.98. The summed E-state index contributed by atoms with van der Waals surface area (Å²) in [5, 5.41) is 7.31. The molecule has 2 aliphatic heterocycles. The molecule has 0 unspecified atom stereocenters. The fraction of sp³-hybridized carbons (Fsp3) is 0.238. The van der Waals surface area contributed by atoms with Gasteiger partial charge in [-0.05, 0) is 42.3 Å². The Morgan fingerprint density at radius 3 is 2.80 bits per heavy atom. The Morgan fingerprint density at radius 1 is 1.13 bits per heavy atom. The molecule has 30 heavy (non-hydrogen) atoms. The minimum atomic E-state index is -0.290. The van der Waals surface area contributed by atoms with Crippen molar-refractivity contribution in [2.45, 2.75) is 13.0 Å². The second-order valence-electron chi connectivity index (χ2n) is 7.51. The number of benzene rings is 1. The van der Waals surface area contributed by atoms with Crippen molar-refractivity contribution in [2.75, 3.05) is 36.1 Å². The van der Waals surface area contributed by atoms with E-state index in [4.69, 9.17) is 5.73 Å². The summed E-state index contributed by atoms with van der Waals surface area (Å²) in [7, 11) is 1.83. The molecule has 4 heterocycles. The lowest BCUT2D eigenvalue weighted by molar-refractivity contribution is 0.0780. The van der Waals surface area contributed by atoms with E-state index in [0.717, 1.165) is 42.1 Å². The van der Waals surface area contributed by atoms with Crippen LogP contribution in [0.5, 0.6) is 0 Å². The largest absolute Gasteiger partial charge is 0.384 e. The number of nitrogens with one attached hydrogen (secondary N) is 1. The molecule has 1 aromatic carbocycles. The molecule has 9 heteroatoms. The van der Waals surface area contributed by atoms with Crippen LogP contribution in [0.4, 0.5) is 23.1 Å². The van der Waals surface area contributed by atoms with Crippen LogP contribution in [0.15, 0.2) is 42.6 Å². The van der Waals surface area contributed by atoms with E-state index in [1.807, 2.05) is 29.9 Å². The van der Waals surface area contributed by atoms with Gasteiger partial charge in [-0.15, -0.1) is 0 Å². The zero-order valence-electron chi connectivity index (χ0n) is 16.5. The second kappa shape index (κ2) is 6.87. The number of likely N-dealkylation sites (N-methyl/N-ethyl adjacent to an activating group) is 1. The van der Waals surface area contributed by atoms with Crippen LogP contribution in [0.3, 0.4) is 0 Å². The molecule has 2 amide bonds. The first-order chi connectivity index (χ1) is 14.5. The molecule has 0 atom stereocenters. The van der Waals surface area contributed by atoms with Gasteiger partial charge in [-0.3, -0.25) is 9.59 Å². The fourth-order valence-corrected chi connectivity index (χ4v) is 3.91. The highest BCUT2D eigenvalue weighted by atomic mass is 16.2. The van der Waals surface area contributed by atoms with Gasteiger partial charge in [0.15, 0.2) is 5.82 Å². The zero-order valence-corrected chi connectivity index (χ0v) is 16.5. The number of fused-ring (bicyclic) bond motifs is 2. The van der Waals surface area contributed by atoms with Gasteiger partial charge in [-0.25, -0.2) is 9.67 Å². The third-order valence-electron chi connectivity index (χ3n) is 5.55. The average Bonchev–Trinajstić information content (AvgIpc) is 3.31. The summed E-state index contributed by atoms with van der Waals surface area (Å²) < 4.78 is 1.87. The van der Waals surface area contributed by atoms with E-state index in [0.29, 0.717) is 23.7 Å². The summed E-state index contributed by atoms with van der Waals surface area (Å²) in [6.07, 6.45) is 2.28. The van der Waals surface area contributed by atoms with Crippen LogP contribution in [0, 0.1) is 0 Å². The number of anilines is 4. The molecule has 0 saturated heterocycles. The lowest BCUT2D eigenvalue weighted by Gasteiger charge is -2.26. The van der Waals surface area contributed by atoms with E-state index in [9.17, 15) is 9.59 Å². The number of nitrogen functional groups attached to an aromatic ring is 1. The Labute approximate surface area is 173 Å². The highest BCUT2D eigenvalue weighted by Gasteiger charge is 2.26. The number of aromatic nitrogens is 3. The average molecular weight is 403 g/mol. The molecule has 2 aliphatic rings. The van der Waals surface area contributed by atoms with E-state index >= 15 is 0 Å². The van der Waals surface area contributed by atoms with E-state index < -0.39 is 0 Å². The van der Waals surface area contributed by atoms with E-state index in [1.54, 1.807) is 17.0 Å². The van der Waals surface area contributed by atoms with Gasteiger partial charge in [0.05, 0.1) is 12.1 Å². The van der Waals surface area contributed by atoms with Gasteiger partial charge < -0.3 is 20.9 Å². The number of carbonyl (C=O) groups excluding carboxylic acids is 2. The summed E-state index contributed by atoms with van der Waals surface area (Å²) in [5.74, 6) is 1.52. The Bertz CT molecular complexity index is 1150. The maximum Gasteiger partial charge on any atom is 0.258 e. The monoisotopic (exact) mass is 403 g/mol. The molecule has 0 fully saturated rings. The Morgan fingerprint density at radius 2 is 2.00 bits per heavy atom. The minimum Gasteiger partial charge on any atom is -0.384 e. The van der Waals surface area contributed by atoms with Crippen molar-refractivity contribution in [3.8, 4) is 0 Å². The van der Waals surface area contributed by atoms with Gasteiger partial charge in [0.25, 0.3) is 11.8 Å². The SMILES string of the molecule is CN1CCc2cc(N3CCn4nc(NC(=O)c5ccc(N)nc5)cc43)ccc2C1=O. The van der Waals surface area contributed by atoms with Crippen molar-refractivity contribution < 1.29 is 9.59 Å². The number of hydrogen-bond acceptors (Lipinski definition) is 6. The molecule has 152 valence electrons. The number of nitrogens with two attached hydrogens (primary N) is 1. The molecule has 3 aromatic rings. The van der Waals surface area contributed by atoms with Gasteiger partial charge in [0.2, 0.25) is 0 Å². The van der Waals surface area contributed by atoms with E-state index in [-0.39, 0.29) is 11.8 Å². The number of pyridine rings is 1. The van der Waals surface area contributed by atoms with Crippen LogP contribution in [0.1, 0.15) is 26.3 Å². The van der Waals surface area contributed by atoms with Gasteiger partial charge in [-0.1, -0.05) is 0 Å². The minimum absolute atomic E-state index is 0.0661. The highest BCUT2D eigenvalue weighted by Crippen LogP contribution is 2.34. The van der Waals surface area contributed by atoms with Gasteiger partial charge in [-0.2, -0.15) is 5.10 Å². The summed E-state index contributed by atoms with van der Waals surface area (Å²) in [5.41, 5.74) is 8.84. The van der Waals surface area contributed by atoms with Crippen LogP contribution in [0.2, 0.25) is 0 Å². The Hall–Kier alpha value is -3.88. The molecule has 0 aliphatic carbocycles. The topological polar surface area (TPSA) is 109 Å². The summed E-state index contributed by atoms with van der Waals surface area (Å²) in [6, 6.07) is 11.0.